The highest BCUT2D eigenvalue weighted by atomic mass is 32.1. The van der Waals surface area contributed by atoms with Crippen LogP contribution < -0.4 is 0 Å². The molecule has 0 aromatic carbocycles. The molecule has 0 radical (unpaired) electrons. The Morgan fingerprint density at radius 1 is 1.21 bits per heavy atom. The molecule has 0 saturated heterocycles. The summed E-state index contributed by atoms with van der Waals surface area (Å²) in [5.41, 5.74) is 0. The molecule has 1 aromatic heterocycles. The maximum Gasteiger partial charge on any atom is 0.348 e. The summed E-state index contributed by atoms with van der Waals surface area (Å²) in [6, 6.07) is 3.83. The number of ether oxygens (including phenoxy) is 1. The summed E-state index contributed by atoms with van der Waals surface area (Å²) in [4.78, 5) is 13.4. The Morgan fingerprint density at radius 3 is 2.46 bits per heavy atom. The molecule has 1 aliphatic carbocycles. The minimum atomic E-state index is -1.71. The molecule has 2 rings (SSSR count). The Bertz CT molecular complexity index is 686. The summed E-state index contributed by atoms with van der Waals surface area (Å²) in [5, 5.41) is 0.256. The highest BCUT2D eigenvalue weighted by Crippen LogP contribution is 2.45. The van der Waals surface area contributed by atoms with Gasteiger partial charge in [0, 0.05) is 11.5 Å². The number of carbonyl (C=O) groups excluding carboxylic acids is 1. The summed E-state index contributed by atoms with van der Waals surface area (Å²) < 4.78 is 11.4. The lowest BCUT2D eigenvalue weighted by atomic mass is 9.86. The van der Waals surface area contributed by atoms with Crippen molar-refractivity contribution in [3.63, 3.8) is 0 Å². The third-order valence-electron chi connectivity index (χ3n) is 6.90. The highest BCUT2D eigenvalue weighted by Gasteiger charge is 2.42. The number of rotatable bonds is 7. The van der Waals surface area contributed by atoms with Gasteiger partial charge in [-0.15, -0.1) is 11.3 Å². The maximum absolute atomic E-state index is 11.6. The second-order valence-corrected chi connectivity index (χ2v) is 15.8. The number of carbonyl (C=O) groups is 1. The molecule has 0 N–H and O–H groups in total. The van der Waals surface area contributed by atoms with Crippen molar-refractivity contribution in [1.29, 1.82) is 0 Å². The first kappa shape index (κ1) is 23.4. The Balaban J connectivity index is 2.00. The molecule has 1 fully saturated rings. The van der Waals surface area contributed by atoms with Crippen molar-refractivity contribution in [2.24, 2.45) is 23.7 Å². The van der Waals surface area contributed by atoms with Gasteiger partial charge in [0.15, 0.2) is 8.32 Å². The van der Waals surface area contributed by atoms with Crippen LogP contribution in [0.2, 0.25) is 18.1 Å². The zero-order valence-corrected chi connectivity index (χ0v) is 20.7. The molecular formula is C23H38O3SSi. The van der Waals surface area contributed by atoms with Gasteiger partial charge in [0.25, 0.3) is 0 Å². The molecule has 28 heavy (non-hydrogen) atoms. The van der Waals surface area contributed by atoms with Gasteiger partial charge in [0.05, 0.1) is 7.11 Å². The van der Waals surface area contributed by atoms with E-state index in [2.05, 4.69) is 59.9 Å². The highest BCUT2D eigenvalue weighted by molar-refractivity contribution is 7.14. The molecule has 1 saturated carbocycles. The zero-order valence-electron chi connectivity index (χ0n) is 18.9. The SMILES string of the molecule is COC(=O)c1ccc(C=CC[C@@H]2[C@@H](CO[Si](C)(C)C(C)(C)C)[C@H](C)C[C@@H]2C)s1. The van der Waals surface area contributed by atoms with Gasteiger partial charge in [-0.05, 0) is 72.9 Å². The van der Waals surface area contributed by atoms with Gasteiger partial charge in [-0.2, -0.15) is 0 Å². The van der Waals surface area contributed by atoms with E-state index in [1.165, 1.54) is 24.9 Å². The molecule has 0 aliphatic heterocycles. The molecule has 1 heterocycles. The molecule has 158 valence electrons. The van der Waals surface area contributed by atoms with Gasteiger partial charge in [-0.1, -0.05) is 40.7 Å². The lowest BCUT2D eigenvalue weighted by Crippen LogP contribution is -2.42. The Kier molecular flexibility index (Phi) is 7.74. The second-order valence-electron chi connectivity index (χ2n) is 9.92. The lowest BCUT2D eigenvalue weighted by molar-refractivity contribution is 0.0606. The van der Waals surface area contributed by atoms with Crippen LogP contribution in [0.1, 0.15) is 62.0 Å². The second kappa shape index (κ2) is 9.27. The van der Waals surface area contributed by atoms with Gasteiger partial charge in [0.1, 0.15) is 4.88 Å². The fraction of sp³-hybridized carbons (Fsp3) is 0.696. The van der Waals surface area contributed by atoms with Gasteiger partial charge in [-0.25, -0.2) is 4.79 Å². The van der Waals surface area contributed by atoms with E-state index in [1.807, 2.05) is 12.1 Å². The molecule has 3 nitrogen and oxygen atoms in total. The number of thiophene rings is 1. The standard InChI is InChI=1S/C23H38O3SSi/c1-16-14-17(2)20(15-26-28(7,8)23(3,4)5)19(16)11-9-10-18-12-13-21(27-18)22(24)25-6/h9-10,12-13,16-17,19-20H,11,14-15H2,1-8H3/t16-,17+,19-,20-/m0/s1. The topological polar surface area (TPSA) is 35.5 Å². The van der Waals surface area contributed by atoms with Crippen LogP contribution in [0.15, 0.2) is 18.2 Å². The van der Waals surface area contributed by atoms with Crippen LogP contribution in [0.3, 0.4) is 0 Å². The molecule has 0 spiro atoms. The molecule has 1 aromatic rings. The van der Waals surface area contributed by atoms with Gasteiger partial charge in [-0.3, -0.25) is 0 Å². The third-order valence-corrected chi connectivity index (χ3v) is 12.4. The van der Waals surface area contributed by atoms with Crippen molar-refractivity contribution >= 4 is 31.7 Å². The molecule has 1 aliphatic rings. The fourth-order valence-corrected chi connectivity index (χ4v) is 5.89. The average Bonchev–Trinajstić information content (AvgIpc) is 3.16. The number of hydrogen-bond donors (Lipinski definition) is 0. The van der Waals surface area contributed by atoms with E-state index in [0.717, 1.165) is 23.8 Å². The summed E-state index contributed by atoms with van der Waals surface area (Å²) >= 11 is 1.49. The van der Waals surface area contributed by atoms with E-state index in [1.54, 1.807) is 0 Å². The van der Waals surface area contributed by atoms with Crippen LogP contribution in [0.5, 0.6) is 0 Å². The number of hydrogen-bond acceptors (Lipinski definition) is 4. The molecule has 0 unspecified atom stereocenters. The van der Waals surface area contributed by atoms with Crippen molar-refractivity contribution in [3.8, 4) is 0 Å². The molecule has 5 heteroatoms. The van der Waals surface area contributed by atoms with Crippen molar-refractivity contribution in [2.45, 2.75) is 65.6 Å². The minimum Gasteiger partial charge on any atom is -0.465 e. The van der Waals surface area contributed by atoms with Crippen molar-refractivity contribution in [2.75, 3.05) is 13.7 Å². The van der Waals surface area contributed by atoms with Crippen LogP contribution in [0.25, 0.3) is 6.08 Å². The average molecular weight is 423 g/mol. The Labute approximate surface area is 176 Å². The van der Waals surface area contributed by atoms with E-state index in [9.17, 15) is 4.79 Å². The number of allylic oxidation sites excluding steroid dienone is 1. The normalized spacial score (nSPS) is 26.1. The fourth-order valence-electron chi connectivity index (χ4n) is 3.99. The molecule has 0 amide bonds. The summed E-state index contributed by atoms with van der Waals surface area (Å²) in [6.07, 6.45) is 6.79. The predicted octanol–water partition coefficient (Wildman–Crippen LogP) is 6.87. The van der Waals surface area contributed by atoms with E-state index in [4.69, 9.17) is 9.16 Å². The lowest BCUT2D eigenvalue weighted by Gasteiger charge is -2.38. The maximum atomic E-state index is 11.6. The Hall–Kier alpha value is -0.913. The predicted molar refractivity (Wildman–Crippen MR) is 122 cm³/mol. The van der Waals surface area contributed by atoms with Crippen LogP contribution in [0.4, 0.5) is 0 Å². The van der Waals surface area contributed by atoms with Crippen molar-refractivity contribution in [3.05, 3.63) is 28.0 Å². The van der Waals surface area contributed by atoms with Gasteiger partial charge < -0.3 is 9.16 Å². The van der Waals surface area contributed by atoms with Crippen molar-refractivity contribution in [1.82, 2.24) is 0 Å². The van der Waals surface area contributed by atoms with Crippen LogP contribution in [-0.2, 0) is 9.16 Å². The molecule has 4 atom stereocenters. The first-order chi connectivity index (χ1) is 13.0. The monoisotopic (exact) mass is 422 g/mol. The van der Waals surface area contributed by atoms with Crippen LogP contribution in [-0.4, -0.2) is 28.0 Å². The first-order valence-electron chi connectivity index (χ1n) is 10.4. The third kappa shape index (κ3) is 5.58. The number of esters is 1. The first-order valence-corrected chi connectivity index (χ1v) is 14.2. The minimum absolute atomic E-state index is 0.256. The quantitative estimate of drug-likeness (QED) is 0.355. The van der Waals surface area contributed by atoms with Gasteiger partial charge in [0.2, 0.25) is 0 Å². The van der Waals surface area contributed by atoms with Crippen molar-refractivity contribution < 1.29 is 14.0 Å². The molecular weight excluding hydrogens is 384 g/mol. The summed E-state index contributed by atoms with van der Waals surface area (Å²) in [5.74, 6) is 2.47. The summed E-state index contributed by atoms with van der Waals surface area (Å²) in [6.45, 7) is 17.3. The number of methoxy groups -OCH3 is 1. The zero-order chi connectivity index (χ0) is 21.1. The van der Waals surface area contributed by atoms with Crippen LogP contribution in [0, 0.1) is 23.7 Å². The molecule has 0 bridgehead atoms. The van der Waals surface area contributed by atoms with E-state index < -0.39 is 8.32 Å². The summed E-state index contributed by atoms with van der Waals surface area (Å²) in [7, 11) is -0.287. The van der Waals surface area contributed by atoms with E-state index in [0.29, 0.717) is 22.6 Å². The van der Waals surface area contributed by atoms with E-state index >= 15 is 0 Å². The van der Waals surface area contributed by atoms with Crippen LogP contribution >= 0.6 is 11.3 Å². The van der Waals surface area contributed by atoms with E-state index in [-0.39, 0.29) is 11.0 Å². The Morgan fingerprint density at radius 2 is 1.86 bits per heavy atom. The largest absolute Gasteiger partial charge is 0.465 e. The smallest absolute Gasteiger partial charge is 0.348 e. The van der Waals surface area contributed by atoms with Gasteiger partial charge >= 0.3 is 5.97 Å².